The fourth-order valence-corrected chi connectivity index (χ4v) is 11.4. The number of phenols is 1. The minimum absolute atomic E-state index is 0.197. The monoisotopic (exact) mass is 960 g/mol. The predicted octanol–water partition coefficient (Wildman–Crippen LogP) is 16.9. The van der Waals surface area contributed by atoms with Crippen LogP contribution in [-0.2, 0) is 0 Å². The Morgan fingerprint density at radius 3 is 1.11 bits per heavy atom. The molecule has 0 saturated carbocycles. The van der Waals surface area contributed by atoms with Crippen LogP contribution < -0.4 is 0 Å². The van der Waals surface area contributed by atoms with Crippen LogP contribution in [0.3, 0.4) is 0 Å². The highest BCUT2D eigenvalue weighted by atomic mass is 16.3. The summed E-state index contributed by atoms with van der Waals surface area (Å²) in [6.07, 6.45) is 0. The molecule has 0 atom stereocenters. The molecule has 15 rings (SSSR count). The number of imidazole rings is 4. The molecule has 352 valence electrons. The summed E-state index contributed by atoms with van der Waals surface area (Å²) in [6.45, 7) is 0. The Bertz CT molecular complexity index is 4670. The number of hydrogen-bond acceptors (Lipinski definition) is 3. The summed E-state index contributed by atoms with van der Waals surface area (Å²) < 4.78 is 9.06. The van der Waals surface area contributed by atoms with E-state index in [0.29, 0.717) is 0 Å². The van der Waals surface area contributed by atoms with Crippen LogP contribution in [0.2, 0.25) is 0 Å². The topological polar surface area (TPSA) is 64.7 Å². The van der Waals surface area contributed by atoms with Crippen LogP contribution in [0, 0.1) is 0 Å². The number of para-hydroxylation sites is 2. The Morgan fingerprint density at radius 1 is 0.267 bits per heavy atom. The van der Waals surface area contributed by atoms with E-state index in [2.05, 4.69) is 242 Å². The Morgan fingerprint density at radius 2 is 0.627 bits per heavy atom. The summed E-state index contributed by atoms with van der Waals surface area (Å²) in [6, 6.07) is 91.2. The first-order valence-electron chi connectivity index (χ1n) is 25.3. The van der Waals surface area contributed by atoms with Crippen molar-refractivity contribution in [3.63, 3.8) is 0 Å². The Labute approximate surface area is 431 Å². The van der Waals surface area contributed by atoms with E-state index >= 15 is 0 Å². The third-order valence-electron chi connectivity index (χ3n) is 14.9. The molecule has 0 bridgehead atoms. The van der Waals surface area contributed by atoms with Gasteiger partial charge >= 0.3 is 0 Å². The van der Waals surface area contributed by atoms with Crippen molar-refractivity contribution < 1.29 is 5.11 Å². The zero-order valence-corrected chi connectivity index (χ0v) is 40.5. The van der Waals surface area contributed by atoms with Gasteiger partial charge in [0.2, 0.25) is 11.6 Å². The third kappa shape index (κ3) is 6.75. The van der Waals surface area contributed by atoms with E-state index in [1.54, 1.807) is 0 Å². The minimum Gasteiger partial charge on any atom is -0.507 e. The zero-order chi connectivity index (χ0) is 49.6. The standard InChI is InChI=1S/C68H44N6O/c75-66-64(47-25-13-4-14-26-47)55(50-31-35-56-60(41-50)73-62-39-48(44-19-7-1-8-20-44)33-37-58(62)71(67(73)69-56)52-27-15-5-16-28-52)43-54(46-23-11-3-12-24-46)65(66)51-32-36-57-61(42-51)74-63-40-49(45-21-9-2-10-22-45)34-38-59(63)72(68(74)70-57)53-29-17-6-18-30-53/h1-43,75H. The van der Waals surface area contributed by atoms with Crippen molar-refractivity contribution in [1.82, 2.24) is 27.9 Å². The fraction of sp³-hybridized carbons (Fsp3) is 0. The van der Waals surface area contributed by atoms with E-state index in [0.717, 1.165) is 134 Å². The van der Waals surface area contributed by atoms with E-state index in [4.69, 9.17) is 9.97 Å². The summed E-state index contributed by atoms with van der Waals surface area (Å²) in [5.41, 5.74) is 21.5. The highest BCUT2D eigenvalue weighted by Crippen LogP contribution is 2.51. The molecule has 0 radical (unpaired) electrons. The molecule has 0 amide bonds. The van der Waals surface area contributed by atoms with Gasteiger partial charge in [-0.1, -0.05) is 182 Å². The first-order valence-corrected chi connectivity index (χ1v) is 25.3. The molecule has 1 N–H and O–H groups in total. The van der Waals surface area contributed by atoms with Crippen LogP contribution in [0.25, 0.3) is 134 Å². The maximum absolute atomic E-state index is 13.4. The molecule has 0 unspecified atom stereocenters. The number of benzene rings is 11. The lowest BCUT2D eigenvalue weighted by Crippen LogP contribution is -1.95. The van der Waals surface area contributed by atoms with Crippen LogP contribution >= 0.6 is 0 Å². The molecule has 0 aliphatic heterocycles. The summed E-state index contributed by atoms with van der Waals surface area (Å²) in [5, 5.41) is 13.4. The first-order chi connectivity index (χ1) is 37.1. The van der Waals surface area contributed by atoms with E-state index in [-0.39, 0.29) is 5.75 Å². The van der Waals surface area contributed by atoms with Crippen LogP contribution in [0.5, 0.6) is 5.75 Å². The van der Waals surface area contributed by atoms with Gasteiger partial charge in [0.25, 0.3) is 0 Å². The average Bonchev–Trinajstić information content (AvgIpc) is 4.22. The lowest BCUT2D eigenvalue weighted by molar-refractivity contribution is 0.480. The van der Waals surface area contributed by atoms with Crippen LogP contribution in [-0.4, -0.2) is 33.0 Å². The van der Waals surface area contributed by atoms with Gasteiger partial charge in [-0.05, 0) is 134 Å². The number of phenolic OH excluding ortho intramolecular Hbond substituents is 1. The molecule has 0 saturated heterocycles. The fourth-order valence-electron chi connectivity index (χ4n) is 11.4. The number of aromatic nitrogens is 6. The number of fused-ring (bicyclic) bond motifs is 10. The van der Waals surface area contributed by atoms with E-state index in [9.17, 15) is 5.11 Å². The van der Waals surface area contributed by atoms with Crippen molar-refractivity contribution in [2.24, 2.45) is 0 Å². The second-order valence-electron chi connectivity index (χ2n) is 19.2. The average molecular weight is 961 g/mol. The van der Waals surface area contributed by atoms with Gasteiger partial charge in [0.1, 0.15) is 5.75 Å². The molecule has 15 aromatic rings. The molecule has 0 fully saturated rings. The quantitative estimate of drug-likeness (QED) is 0.165. The van der Waals surface area contributed by atoms with Crippen molar-refractivity contribution in [2.75, 3.05) is 0 Å². The highest BCUT2D eigenvalue weighted by molar-refractivity contribution is 6.04. The van der Waals surface area contributed by atoms with Crippen LogP contribution in [0.1, 0.15) is 0 Å². The van der Waals surface area contributed by atoms with Crippen LogP contribution in [0.15, 0.2) is 261 Å². The van der Waals surface area contributed by atoms with Crippen molar-refractivity contribution in [3.05, 3.63) is 261 Å². The number of aromatic hydroxyl groups is 1. The Kier molecular flexibility index (Phi) is 9.59. The van der Waals surface area contributed by atoms with Gasteiger partial charge in [0.05, 0.1) is 44.1 Å². The Balaban J connectivity index is 0.988. The molecular weight excluding hydrogens is 917 g/mol. The maximum Gasteiger partial charge on any atom is 0.220 e. The van der Waals surface area contributed by atoms with Crippen LogP contribution in [0.4, 0.5) is 0 Å². The molecule has 75 heavy (non-hydrogen) atoms. The van der Waals surface area contributed by atoms with Gasteiger partial charge in [-0.2, -0.15) is 0 Å². The largest absolute Gasteiger partial charge is 0.507 e. The van der Waals surface area contributed by atoms with Gasteiger partial charge in [-0.25, -0.2) is 9.97 Å². The van der Waals surface area contributed by atoms with Gasteiger partial charge in [-0.3, -0.25) is 17.9 Å². The van der Waals surface area contributed by atoms with Crippen molar-refractivity contribution in [1.29, 1.82) is 0 Å². The second-order valence-corrected chi connectivity index (χ2v) is 19.2. The normalized spacial score (nSPS) is 11.8. The minimum atomic E-state index is 0.197. The molecule has 0 spiro atoms. The van der Waals surface area contributed by atoms with Crippen molar-refractivity contribution in [3.8, 4) is 83.9 Å². The molecule has 7 nitrogen and oxygen atoms in total. The molecule has 7 heteroatoms. The number of rotatable bonds is 8. The molecular formula is C68H44N6O. The van der Waals surface area contributed by atoms with Crippen molar-refractivity contribution >= 4 is 55.7 Å². The molecule has 4 heterocycles. The van der Waals surface area contributed by atoms with E-state index in [1.807, 2.05) is 36.4 Å². The van der Waals surface area contributed by atoms with Gasteiger partial charge in [-0.15, -0.1) is 0 Å². The smallest absolute Gasteiger partial charge is 0.220 e. The summed E-state index contributed by atoms with van der Waals surface area (Å²) in [7, 11) is 0. The predicted molar refractivity (Wildman–Crippen MR) is 307 cm³/mol. The third-order valence-corrected chi connectivity index (χ3v) is 14.9. The lowest BCUT2D eigenvalue weighted by Gasteiger charge is -2.21. The summed E-state index contributed by atoms with van der Waals surface area (Å²) in [4.78, 5) is 10.7. The Hall–Kier alpha value is -10.2. The second kappa shape index (κ2) is 16.9. The van der Waals surface area contributed by atoms with Gasteiger partial charge in [0, 0.05) is 22.5 Å². The van der Waals surface area contributed by atoms with Gasteiger partial charge < -0.3 is 5.11 Å². The SMILES string of the molecule is Oc1c(-c2ccccc2)c(-c2ccc3nc4n(-c5ccccc5)c5ccc(-c6ccccc6)cc5n4c3c2)cc(-c2ccccc2)c1-c1ccc2nc3n(-c4ccccc4)c4ccc(-c5ccccc5)cc4n3c2c1. The number of nitrogens with zero attached hydrogens (tertiary/aromatic N) is 6. The van der Waals surface area contributed by atoms with Gasteiger partial charge in [0.15, 0.2) is 0 Å². The molecule has 11 aromatic carbocycles. The molecule has 0 aliphatic rings. The zero-order valence-electron chi connectivity index (χ0n) is 40.5. The maximum atomic E-state index is 13.4. The van der Waals surface area contributed by atoms with E-state index < -0.39 is 0 Å². The van der Waals surface area contributed by atoms with Crippen molar-refractivity contribution in [2.45, 2.75) is 0 Å². The van der Waals surface area contributed by atoms with E-state index in [1.165, 1.54) is 0 Å². The molecule has 4 aromatic heterocycles. The molecule has 0 aliphatic carbocycles. The summed E-state index contributed by atoms with van der Waals surface area (Å²) >= 11 is 0. The highest BCUT2D eigenvalue weighted by Gasteiger charge is 2.26. The lowest BCUT2D eigenvalue weighted by atomic mass is 9.84. The number of hydrogen-bond donors (Lipinski definition) is 1. The first kappa shape index (κ1) is 42.4. The summed E-state index contributed by atoms with van der Waals surface area (Å²) in [5.74, 6) is 1.84.